The van der Waals surface area contributed by atoms with Crippen LogP contribution in [-0.2, 0) is 4.79 Å². The van der Waals surface area contributed by atoms with Crippen LogP contribution in [0.5, 0.6) is 0 Å². The highest BCUT2D eigenvalue weighted by atomic mass is 32.2. The lowest BCUT2D eigenvalue weighted by molar-refractivity contribution is -0.129. The summed E-state index contributed by atoms with van der Waals surface area (Å²) in [6, 6.07) is 20.2. The number of hydrogen-bond donors (Lipinski definition) is 1. The van der Waals surface area contributed by atoms with E-state index in [2.05, 4.69) is 12.1 Å². The van der Waals surface area contributed by atoms with Gasteiger partial charge in [0.05, 0.1) is 0 Å². The van der Waals surface area contributed by atoms with Crippen LogP contribution in [0.25, 0.3) is 0 Å². The quantitative estimate of drug-likeness (QED) is 0.939. The molecular formula is C19H22N2OS. The van der Waals surface area contributed by atoms with Crippen molar-refractivity contribution in [2.24, 2.45) is 5.73 Å². The van der Waals surface area contributed by atoms with Gasteiger partial charge in [-0.1, -0.05) is 60.7 Å². The normalized spacial score (nSPS) is 22.1. The Balaban J connectivity index is 1.76. The van der Waals surface area contributed by atoms with Crippen molar-refractivity contribution in [1.82, 2.24) is 4.90 Å². The van der Waals surface area contributed by atoms with Gasteiger partial charge in [-0.05, 0) is 17.4 Å². The van der Waals surface area contributed by atoms with Crippen molar-refractivity contribution in [3.8, 4) is 0 Å². The highest BCUT2D eigenvalue weighted by Gasteiger charge is 2.36. The molecule has 0 bridgehead atoms. The van der Waals surface area contributed by atoms with Gasteiger partial charge in [-0.15, -0.1) is 11.8 Å². The molecule has 1 aliphatic heterocycles. The van der Waals surface area contributed by atoms with Crippen LogP contribution in [0.15, 0.2) is 60.7 Å². The molecule has 0 radical (unpaired) electrons. The Morgan fingerprint density at radius 1 is 1.09 bits per heavy atom. The fourth-order valence-electron chi connectivity index (χ4n) is 3.23. The minimum Gasteiger partial charge on any atom is -0.339 e. The summed E-state index contributed by atoms with van der Waals surface area (Å²) < 4.78 is 0. The summed E-state index contributed by atoms with van der Waals surface area (Å²) in [5, 5.41) is -0.155. The topological polar surface area (TPSA) is 46.3 Å². The van der Waals surface area contributed by atoms with Gasteiger partial charge >= 0.3 is 0 Å². The molecule has 4 heteroatoms. The van der Waals surface area contributed by atoms with Gasteiger partial charge in [0.15, 0.2) is 0 Å². The monoisotopic (exact) mass is 326 g/mol. The average molecular weight is 326 g/mol. The third kappa shape index (κ3) is 3.43. The zero-order valence-electron chi connectivity index (χ0n) is 13.3. The summed E-state index contributed by atoms with van der Waals surface area (Å²) in [5.41, 5.74) is 8.59. The maximum absolute atomic E-state index is 12.9. The Labute approximate surface area is 141 Å². The van der Waals surface area contributed by atoms with Crippen molar-refractivity contribution in [3.63, 3.8) is 0 Å². The molecule has 3 rings (SSSR count). The molecule has 0 aromatic heterocycles. The molecule has 2 N–H and O–H groups in total. The van der Waals surface area contributed by atoms with E-state index in [4.69, 9.17) is 5.73 Å². The van der Waals surface area contributed by atoms with E-state index in [1.165, 1.54) is 5.56 Å². The van der Waals surface area contributed by atoms with Gasteiger partial charge in [0.25, 0.3) is 0 Å². The highest BCUT2D eigenvalue weighted by Crippen LogP contribution is 2.33. The van der Waals surface area contributed by atoms with Crippen molar-refractivity contribution in [1.29, 1.82) is 0 Å². The molecule has 1 fully saturated rings. The zero-order valence-corrected chi connectivity index (χ0v) is 14.1. The van der Waals surface area contributed by atoms with Gasteiger partial charge in [0, 0.05) is 25.0 Å². The summed E-state index contributed by atoms with van der Waals surface area (Å²) >= 11 is 1.58. The third-order valence-electron chi connectivity index (χ3n) is 4.47. The van der Waals surface area contributed by atoms with Crippen LogP contribution in [0.4, 0.5) is 0 Å². The van der Waals surface area contributed by atoms with Gasteiger partial charge < -0.3 is 10.6 Å². The summed E-state index contributed by atoms with van der Waals surface area (Å²) in [4.78, 5) is 14.9. The van der Waals surface area contributed by atoms with E-state index in [1.807, 2.05) is 59.7 Å². The van der Waals surface area contributed by atoms with Gasteiger partial charge in [0.1, 0.15) is 5.25 Å². The lowest BCUT2D eigenvalue weighted by Gasteiger charge is -2.22. The molecule has 1 amide bonds. The lowest BCUT2D eigenvalue weighted by atomic mass is 9.95. The van der Waals surface area contributed by atoms with Crippen LogP contribution in [0.3, 0.4) is 0 Å². The molecule has 2 aromatic rings. The Morgan fingerprint density at radius 2 is 1.70 bits per heavy atom. The lowest BCUT2D eigenvalue weighted by Crippen LogP contribution is -2.34. The zero-order chi connectivity index (χ0) is 16.2. The predicted octanol–water partition coefficient (Wildman–Crippen LogP) is 3.04. The average Bonchev–Trinajstić information content (AvgIpc) is 2.99. The van der Waals surface area contributed by atoms with E-state index < -0.39 is 0 Å². The summed E-state index contributed by atoms with van der Waals surface area (Å²) in [6.45, 7) is 1.33. The first kappa shape index (κ1) is 16.1. The number of rotatable bonds is 4. The van der Waals surface area contributed by atoms with Gasteiger partial charge in [0.2, 0.25) is 5.91 Å². The first-order valence-electron chi connectivity index (χ1n) is 7.87. The van der Waals surface area contributed by atoms with Gasteiger partial charge in [-0.25, -0.2) is 0 Å². The second kappa shape index (κ2) is 7.20. The molecule has 2 aromatic carbocycles. The standard InChI is InChI=1S/C19H22N2OS/c1-23-18(15-10-6-3-7-11-15)19(22)21-12-16(17(20)13-21)14-8-4-2-5-9-14/h2-11,16-18H,12-13,20H2,1H3/t16-,17+,18?/m0/s1. The van der Waals surface area contributed by atoms with Crippen molar-refractivity contribution in [2.75, 3.05) is 19.3 Å². The molecule has 1 heterocycles. The predicted molar refractivity (Wildman–Crippen MR) is 96.4 cm³/mol. The molecule has 1 aliphatic rings. The van der Waals surface area contributed by atoms with E-state index in [0.717, 1.165) is 5.56 Å². The van der Waals surface area contributed by atoms with Crippen molar-refractivity contribution < 1.29 is 4.79 Å². The molecule has 23 heavy (non-hydrogen) atoms. The SMILES string of the molecule is CSC(C(=O)N1C[C@@H](N)[C@H](c2ccccc2)C1)c1ccccc1. The minimum atomic E-state index is -0.155. The second-order valence-electron chi connectivity index (χ2n) is 5.95. The molecule has 0 saturated carbocycles. The fourth-order valence-corrected chi connectivity index (χ4v) is 4.02. The van der Waals surface area contributed by atoms with Crippen LogP contribution < -0.4 is 5.73 Å². The Hall–Kier alpha value is -1.78. The van der Waals surface area contributed by atoms with Crippen LogP contribution in [0.2, 0.25) is 0 Å². The van der Waals surface area contributed by atoms with E-state index in [-0.39, 0.29) is 23.1 Å². The molecule has 120 valence electrons. The van der Waals surface area contributed by atoms with Crippen LogP contribution >= 0.6 is 11.8 Å². The van der Waals surface area contributed by atoms with Gasteiger partial charge in [-0.2, -0.15) is 0 Å². The van der Waals surface area contributed by atoms with Crippen LogP contribution in [0.1, 0.15) is 22.3 Å². The number of nitrogens with zero attached hydrogens (tertiary/aromatic N) is 1. The number of carbonyl (C=O) groups is 1. The maximum atomic E-state index is 12.9. The van der Waals surface area contributed by atoms with E-state index >= 15 is 0 Å². The molecule has 0 spiro atoms. The second-order valence-corrected chi connectivity index (χ2v) is 6.89. The van der Waals surface area contributed by atoms with Crippen LogP contribution in [0, 0.1) is 0 Å². The molecule has 0 aliphatic carbocycles. The number of amides is 1. The Kier molecular flexibility index (Phi) is 5.03. The number of thioether (sulfide) groups is 1. The molecular weight excluding hydrogens is 304 g/mol. The number of hydrogen-bond acceptors (Lipinski definition) is 3. The highest BCUT2D eigenvalue weighted by molar-refractivity contribution is 7.99. The smallest absolute Gasteiger partial charge is 0.240 e. The summed E-state index contributed by atoms with van der Waals surface area (Å²) in [7, 11) is 0. The van der Waals surface area contributed by atoms with Gasteiger partial charge in [-0.3, -0.25) is 4.79 Å². The fraction of sp³-hybridized carbons (Fsp3) is 0.316. The largest absolute Gasteiger partial charge is 0.339 e. The Morgan fingerprint density at radius 3 is 2.30 bits per heavy atom. The van der Waals surface area contributed by atoms with E-state index in [1.54, 1.807) is 11.8 Å². The molecule has 1 saturated heterocycles. The number of benzene rings is 2. The number of nitrogens with two attached hydrogens (primary N) is 1. The number of carbonyl (C=O) groups excluding carboxylic acids is 1. The first-order chi connectivity index (χ1) is 11.2. The van der Waals surface area contributed by atoms with Crippen molar-refractivity contribution in [2.45, 2.75) is 17.2 Å². The third-order valence-corrected chi connectivity index (χ3v) is 5.41. The maximum Gasteiger partial charge on any atom is 0.240 e. The molecule has 1 unspecified atom stereocenters. The summed E-state index contributed by atoms with van der Waals surface area (Å²) in [5.74, 6) is 0.385. The molecule has 3 nitrogen and oxygen atoms in total. The molecule has 3 atom stereocenters. The van der Waals surface area contributed by atoms with E-state index in [0.29, 0.717) is 13.1 Å². The number of likely N-dealkylation sites (tertiary alicyclic amines) is 1. The van der Waals surface area contributed by atoms with Crippen LogP contribution in [-0.4, -0.2) is 36.2 Å². The van der Waals surface area contributed by atoms with E-state index in [9.17, 15) is 4.79 Å². The first-order valence-corrected chi connectivity index (χ1v) is 9.16. The van der Waals surface area contributed by atoms with Crippen molar-refractivity contribution in [3.05, 3.63) is 71.8 Å². The summed E-state index contributed by atoms with van der Waals surface area (Å²) in [6.07, 6.45) is 1.99. The Bertz CT molecular complexity index is 647. The van der Waals surface area contributed by atoms with Crippen molar-refractivity contribution >= 4 is 17.7 Å². The minimum absolute atomic E-state index is 0.000343.